The van der Waals surface area contributed by atoms with Crippen LogP contribution in [0.5, 0.6) is 0 Å². The SMILES string of the molecule is O=C(O)/C=C/C(=O)Nc1ccc(SC(C(=O)Nc2nc(-c3cccs3)cs2)c2ccccc2)cc1. The second-order valence-corrected chi connectivity index (χ2v) is 10.1. The highest BCUT2D eigenvalue weighted by atomic mass is 32.2. The number of aliphatic carboxylic acids is 1. The van der Waals surface area contributed by atoms with Crippen LogP contribution in [0.25, 0.3) is 10.6 Å². The molecule has 176 valence electrons. The average Bonchev–Trinajstić information content (AvgIpc) is 3.55. The van der Waals surface area contributed by atoms with Crippen molar-refractivity contribution >= 4 is 63.0 Å². The highest BCUT2D eigenvalue weighted by Gasteiger charge is 2.23. The summed E-state index contributed by atoms with van der Waals surface area (Å²) in [6.45, 7) is 0. The van der Waals surface area contributed by atoms with E-state index in [0.717, 1.165) is 33.2 Å². The van der Waals surface area contributed by atoms with Gasteiger partial charge in [-0.05, 0) is 41.3 Å². The molecule has 0 bridgehead atoms. The molecule has 1 atom stereocenters. The number of nitrogens with one attached hydrogen (secondary N) is 2. The first-order chi connectivity index (χ1) is 17.0. The molecule has 7 nitrogen and oxygen atoms in total. The van der Waals surface area contributed by atoms with Crippen LogP contribution in [0.15, 0.2) is 94.5 Å². The summed E-state index contributed by atoms with van der Waals surface area (Å²) in [6.07, 6.45) is 1.72. The Kier molecular flexibility index (Phi) is 8.09. The molecule has 0 spiro atoms. The lowest BCUT2D eigenvalue weighted by molar-refractivity contribution is -0.131. The van der Waals surface area contributed by atoms with Crippen molar-refractivity contribution in [3.8, 4) is 10.6 Å². The van der Waals surface area contributed by atoms with E-state index in [-0.39, 0.29) is 5.91 Å². The lowest BCUT2D eigenvalue weighted by Gasteiger charge is -2.16. The summed E-state index contributed by atoms with van der Waals surface area (Å²) in [4.78, 5) is 42.0. The van der Waals surface area contributed by atoms with Gasteiger partial charge >= 0.3 is 5.97 Å². The van der Waals surface area contributed by atoms with Gasteiger partial charge in [0.2, 0.25) is 11.8 Å². The van der Waals surface area contributed by atoms with Crippen molar-refractivity contribution < 1.29 is 19.5 Å². The van der Waals surface area contributed by atoms with Crippen LogP contribution in [0.3, 0.4) is 0 Å². The molecule has 2 aromatic carbocycles. The Morgan fingerprint density at radius 2 is 1.69 bits per heavy atom. The Morgan fingerprint density at radius 3 is 2.37 bits per heavy atom. The third-order valence-corrected chi connectivity index (χ3v) is 7.52. The van der Waals surface area contributed by atoms with Crippen molar-refractivity contribution in [3.05, 3.63) is 95.2 Å². The molecular formula is C25H19N3O4S3. The summed E-state index contributed by atoms with van der Waals surface area (Å²) in [5.74, 6) is -1.93. The lowest BCUT2D eigenvalue weighted by atomic mass is 10.1. The van der Waals surface area contributed by atoms with Gasteiger partial charge in [-0.25, -0.2) is 9.78 Å². The van der Waals surface area contributed by atoms with Gasteiger partial charge < -0.3 is 15.7 Å². The van der Waals surface area contributed by atoms with Crippen LogP contribution in [-0.2, 0) is 14.4 Å². The number of rotatable bonds is 9. The maximum Gasteiger partial charge on any atom is 0.328 e. The second-order valence-electron chi connectivity index (χ2n) is 7.10. The largest absolute Gasteiger partial charge is 0.478 e. The molecule has 2 heterocycles. The Balaban J connectivity index is 1.47. The topological polar surface area (TPSA) is 108 Å². The predicted molar refractivity (Wildman–Crippen MR) is 141 cm³/mol. The van der Waals surface area contributed by atoms with Crippen LogP contribution in [0.4, 0.5) is 10.8 Å². The number of thioether (sulfide) groups is 1. The van der Waals surface area contributed by atoms with Crippen molar-refractivity contribution in [2.75, 3.05) is 10.6 Å². The first kappa shape index (κ1) is 24.4. The highest BCUT2D eigenvalue weighted by Crippen LogP contribution is 2.37. The van der Waals surface area contributed by atoms with Gasteiger partial charge in [0.05, 0.1) is 10.6 Å². The Hall–Kier alpha value is -3.73. The molecule has 35 heavy (non-hydrogen) atoms. The molecule has 2 amide bonds. The summed E-state index contributed by atoms with van der Waals surface area (Å²) in [5.41, 5.74) is 2.19. The molecule has 0 aliphatic rings. The zero-order valence-corrected chi connectivity index (χ0v) is 20.5. The fourth-order valence-corrected chi connectivity index (χ4v) is 5.52. The van der Waals surface area contributed by atoms with Gasteiger partial charge in [-0.3, -0.25) is 9.59 Å². The molecule has 0 saturated heterocycles. The Labute approximate surface area is 213 Å². The number of aromatic nitrogens is 1. The number of amides is 2. The van der Waals surface area contributed by atoms with Crippen LogP contribution in [0.1, 0.15) is 10.8 Å². The smallest absolute Gasteiger partial charge is 0.328 e. The minimum Gasteiger partial charge on any atom is -0.478 e. The van der Waals surface area contributed by atoms with Gasteiger partial charge in [-0.2, -0.15) is 0 Å². The summed E-state index contributed by atoms with van der Waals surface area (Å²) in [7, 11) is 0. The standard InChI is InChI=1S/C25H19N3O4S3/c29-21(12-13-22(30)31)26-17-8-10-18(11-9-17)35-23(16-5-2-1-3-6-16)24(32)28-25-27-19(15-34-25)20-7-4-14-33-20/h1-15,23H,(H,26,29)(H,30,31)(H,27,28,32)/b13-12+. The van der Waals surface area contributed by atoms with Crippen molar-refractivity contribution in [2.45, 2.75) is 10.1 Å². The van der Waals surface area contributed by atoms with E-state index < -0.39 is 17.1 Å². The third kappa shape index (κ3) is 6.89. The molecule has 2 aromatic heterocycles. The fraction of sp³-hybridized carbons (Fsp3) is 0.0400. The van der Waals surface area contributed by atoms with E-state index in [0.29, 0.717) is 10.8 Å². The van der Waals surface area contributed by atoms with E-state index in [1.165, 1.54) is 23.1 Å². The molecule has 1 unspecified atom stereocenters. The molecule has 0 radical (unpaired) electrons. The number of carbonyl (C=O) groups is 3. The van der Waals surface area contributed by atoms with Gasteiger partial charge in [-0.1, -0.05) is 36.4 Å². The molecule has 0 aliphatic heterocycles. The third-order valence-electron chi connectivity index (χ3n) is 4.60. The van der Waals surface area contributed by atoms with Gasteiger partial charge in [0.1, 0.15) is 5.25 Å². The van der Waals surface area contributed by atoms with E-state index in [1.54, 1.807) is 35.6 Å². The number of benzene rings is 2. The van der Waals surface area contributed by atoms with E-state index in [2.05, 4.69) is 15.6 Å². The van der Waals surface area contributed by atoms with E-state index in [4.69, 9.17) is 5.11 Å². The second kappa shape index (κ2) is 11.6. The number of hydrogen-bond acceptors (Lipinski definition) is 7. The Morgan fingerprint density at radius 1 is 0.914 bits per heavy atom. The Bertz CT molecular complexity index is 1330. The number of carboxylic acids is 1. The maximum atomic E-state index is 13.3. The van der Waals surface area contributed by atoms with Gasteiger partial charge in [-0.15, -0.1) is 34.4 Å². The first-order valence-corrected chi connectivity index (χ1v) is 13.0. The summed E-state index contributed by atoms with van der Waals surface area (Å²) in [5, 5.41) is 18.1. The monoisotopic (exact) mass is 521 g/mol. The van der Waals surface area contributed by atoms with Crippen LogP contribution in [-0.4, -0.2) is 27.9 Å². The van der Waals surface area contributed by atoms with Crippen LogP contribution >= 0.6 is 34.4 Å². The maximum absolute atomic E-state index is 13.3. The summed E-state index contributed by atoms with van der Waals surface area (Å²) in [6, 6.07) is 20.4. The lowest BCUT2D eigenvalue weighted by Crippen LogP contribution is -2.19. The highest BCUT2D eigenvalue weighted by molar-refractivity contribution is 8.00. The van der Waals surface area contributed by atoms with Crippen molar-refractivity contribution in [3.63, 3.8) is 0 Å². The number of carboxylic acid groups (broad SMARTS) is 1. The van der Waals surface area contributed by atoms with E-state index >= 15 is 0 Å². The number of anilines is 2. The molecule has 10 heteroatoms. The molecule has 4 aromatic rings. The van der Waals surface area contributed by atoms with Gasteiger partial charge in [0, 0.05) is 28.1 Å². The summed E-state index contributed by atoms with van der Waals surface area (Å²) >= 11 is 4.35. The van der Waals surface area contributed by atoms with Gasteiger partial charge in [0.15, 0.2) is 5.13 Å². The van der Waals surface area contributed by atoms with Crippen molar-refractivity contribution in [2.24, 2.45) is 0 Å². The predicted octanol–water partition coefficient (Wildman–Crippen LogP) is 5.92. The molecule has 0 saturated carbocycles. The van der Waals surface area contributed by atoms with Crippen LogP contribution in [0.2, 0.25) is 0 Å². The quantitative estimate of drug-likeness (QED) is 0.186. The number of thiophene rings is 1. The first-order valence-electron chi connectivity index (χ1n) is 10.3. The minimum atomic E-state index is -1.20. The molecule has 0 aliphatic carbocycles. The zero-order valence-electron chi connectivity index (χ0n) is 18.1. The molecule has 3 N–H and O–H groups in total. The van der Waals surface area contributed by atoms with Crippen molar-refractivity contribution in [1.29, 1.82) is 0 Å². The minimum absolute atomic E-state index is 0.190. The molecule has 4 rings (SSSR count). The van der Waals surface area contributed by atoms with Crippen LogP contribution < -0.4 is 10.6 Å². The van der Waals surface area contributed by atoms with Gasteiger partial charge in [0.25, 0.3) is 0 Å². The van der Waals surface area contributed by atoms with Crippen molar-refractivity contribution in [1.82, 2.24) is 4.98 Å². The summed E-state index contributed by atoms with van der Waals surface area (Å²) < 4.78 is 0. The number of nitrogens with zero attached hydrogens (tertiary/aromatic N) is 1. The van der Waals surface area contributed by atoms with E-state index in [9.17, 15) is 14.4 Å². The average molecular weight is 522 g/mol. The molecular weight excluding hydrogens is 502 g/mol. The zero-order chi connectivity index (χ0) is 24.6. The van der Waals surface area contributed by atoms with Crippen LogP contribution in [0, 0.1) is 0 Å². The number of thiazole rings is 1. The fourth-order valence-electron chi connectivity index (χ4n) is 3.02. The number of hydrogen-bond donors (Lipinski definition) is 3. The molecule has 0 fully saturated rings. The normalized spacial score (nSPS) is 11.8. The number of carbonyl (C=O) groups excluding carboxylic acids is 2. The van der Waals surface area contributed by atoms with E-state index in [1.807, 2.05) is 53.2 Å².